The van der Waals surface area contributed by atoms with Crippen molar-refractivity contribution in [2.45, 2.75) is 57.5 Å². The summed E-state index contributed by atoms with van der Waals surface area (Å²) in [6.07, 6.45) is 5.13. The van der Waals surface area contributed by atoms with E-state index in [1.807, 2.05) is 29.2 Å². The predicted molar refractivity (Wildman–Crippen MR) is 109 cm³/mol. The van der Waals surface area contributed by atoms with Gasteiger partial charge >= 0.3 is 0 Å². The Bertz CT molecular complexity index is 689. The molecule has 0 bridgehead atoms. The smallest absolute Gasteiger partial charge is 0.225 e. The molecule has 1 saturated carbocycles. The molecule has 6 heteroatoms. The highest BCUT2D eigenvalue weighted by Gasteiger charge is 2.42. The van der Waals surface area contributed by atoms with Gasteiger partial charge in [0.15, 0.2) is 0 Å². The maximum Gasteiger partial charge on any atom is 0.225 e. The second-order valence-corrected chi connectivity index (χ2v) is 7.96. The van der Waals surface area contributed by atoms with Crippen LogP contribution < -0.4 is 15.8 Å². The maximum absolute atomic E-state index is 13.3. The van der Waals surface area contributed by atoms with Crippen LogP contribution in [0.4, 0.5) is 0 Å². The normalized spacial score (nSPS) is 23.4. The third-order valence-electron chi connectivity index (χ3n) is 6.03. The molecule has 3 N–H and O–H groups in total. The molecule has 0 radical (unpaired) electrons. The van der Waals surface area contributed by atoms with E-state index < -0.39 is 0 Å². The van der Waals surface area contributed by atoms with Crippen molar-refractivity contribution in [2.24, 2.45) is 17.6 Å². The summed E-state index contributed by atoms with van der Waals surface area (Å²) < 4.78 is 5.58. The van der Waals surface area contributed by atoms with E-state index in [1.165, 1.54) is 0 Å². The highest BCUT2D eigenvalue weighted by molar-refractivity contribution is 5.85. The molecule has 1 heterocycles. The van der Waals surface area contributed by atoms with Gasteiger partial charge < -0.3 is 20.7 Å². The highest BCUT2D eigenvalue weighted by atomic mass is 16.5. The minimum absolute atomic E-state index is 0.00672. The van der Waals surface area contributed by atoms with Crippen LogP contribution in [0.3, 0.4) is 0 Å². The Balaban J connectivity index is 1.91. The highest BCUT2D eigenvalue weighted by Crippen LogP contribution is 2.41. The fourth-order valence-electron chi connectivity index (χ4n) is 4.27. The summed E-state index contributed by atoms with van der Waals surface area (Å²) in [6.45, 7) is 3.23. The second kappa shape index (κ2) is 9.41. The van der Waals surface area contributed by atoms with Crippen LogP contribution in [0.25, 0.3) is 0 Å². The number of hydrogen-bond donors (Lipinski definition) is 2. The molecule has 1 aromatic carbocycles. The van der Waals surface area contributed by atoms with E-state index in [2.05, 4.69) is 12.2 Å². The minimum Gasteiger partial charge on any atom is -0.496 e. The van der Waals surface area contributed by atoms with E-state index >= 15 is 0 Å². The summed E-state index contributed by atoms with van der Waals surface area (Å²) in [5, 5.41) is 3.18. The number of ether oxygens (including phenoxy) is 1. The quantitative estimate of drug-likeness (QED) is 0.682. The number of para-hydroxylation sites is 1. The number of carbonyl (C=O) groups excluding carboxylic acids is 2. The number of hydrogen-bond acceptors (Lipinski definition) is 4. The van der Waals surface area contributed by atoms with Gasteiger partial charge in [-0.25, -0.2) is 0 Å². The summed E-state index contributed by atoms with van der Waals surface area (Å²) in [5.41, 5.74) is 6.81. The lowest BCUT2D eigenvalue weighted by atomic mass is 9.82. The molecular weight excluding hydrogens is 354 g/mol. The van der Waals surface area contributed by atoms with Gasteiger partial charge in [0, 0.05) is 31.1 Å². The van der Waals surface area contributed by atoms with Crippen molar-refractivity contribution in [1.82, 2.24) is 10.2 Å². The standard InChI is InChI=1S/C22H33N3O3/c1-3-4-13-25-20(26)12-11-17(22(27)24-18(14-23)15-9-10-15)21(25)16-7-5-6-8-19(16)28-2/h5-8,15,17-18,21H,3-4,9-14,23H2,1-2H3,(H,24,27). The lowest BCUT2D eigenvalue weighted by Gasteiger charge is -2.41. The van der Waals surface area contributed by atoms with Crippen molar-refractivity contribution in [2.75, 3.05) is 20.2 Å². The molecule has 6 nitrogen and oxygen atoms in total. The van der Waals surface area contributed by atoms with Crippen LogP contribution in [0.2, 0.25) is 0 Å². The van der Waals surface area contributed by atoms with E-state index in [-0.39, 0.29) is 29.8 Å². The third kappa shape index (κ3) is 4.49. The molecular formula is C22H33N3O3. The Labute approximate surface area is 167 Å². The topological polar surface area (TPSA) is 84.7 Å². The van der Waals surface area contributed by atoms with Crippen molar-refractivity contribution in [3.8, 4) is 5.75 Å². The summed E-state index contributed by atoms with van der Waals surface area (Å²) in [4.78, 5) is 27.9. The molecule has 3 atom stereocenters. The van der Waals surface area contributed by atoms with Gasteiger partial charge in [-0.1, -0.05) is 31.5 Å². The first-order chi connectivity index (χ1) is 13.6. The van der Waals surface area contributed by atoms with Gasteiger partial charge in [0.2, 0.25) is 11.8 Å². The molecule has 1 aliphatic carbocycles. The van der Waals surface area contributed by atoms with E-state index in [0.717, 1.165) is 37.0 Å². The fraction of sp³-hybridized carbons (Fsp3) is 0.636. The molecule has 1 aromatic rings. The number of amides is 2. The molecule has 2 fully saturated rings. The van der Waals surface area contributed by atoms with Crippen molar-refractivity contribution in [3.63, 3.8) is 0 Å². The van der Waals surface area contributed by atoms with Crippen LogP contribution in [-0.4, -0.2) is 43.0 Å². The van der Waals surface area contributed by atoms with Crippen molar-refractivity contribution < 1.29 is 14.3 Å². The van der Waals surface area contributed by atoms with Gasteiger partial charge in [0.25, 0.3) is 0 Å². The number of unbranched alkanes of at least 4 members (excludes halogenated alkanes) is 1. The molecule has 2 aliphatic rings. The number of methoxy groups -OCH3 is 1. The van der Waals surface area contributed by atoms with Gasteiger partial charge in [-0.05, 0) is 37.7 Å². The Kier molecular flexibility index (Phi) is 6.94. The Morgan fingerprint density at radius 2 is 2.07 bits per heavy atom. The number of benzene rings is 1. The van der Waals surface area contributed by atoms with Crippen LogP contribution in [0.1, 0.15) is 57.1 Å². The first kappa shape index (κ1) is 20.6. The van der Waals surface area contributed by atoms with E-state index in [9.17, 15) is 9.59 Å². The number of rotatable bonds is 9. The molecule has 1 saturated heterocycles. The van der Waals surface area contributed by atoms with Gasteiger partial charge in [-0.15, -0.1) is 0 Å². The zero-order valence-corrected chi connectivity index (χ0v) is 17.0. The molecule has 3 rings (SSSR count). The van der Waals surface area contributed by atoms with Gasteiger partial charge in [-0.3, -0.25) is 9.59 Å². The number of nitrogens with zero attached hydrogens (tertiary/aromatic N) is 1. The zero-order chi connectivity index (χ0) is 20.1. The average molecular weight is 388 g/mol. The van der Waals surface area contributed by atoms with Crippen LogP contribution in [0, 0.1) is 11.8 Å². The number of nitrogens with one attached hydrogen (secondary N) is 1. The van der Waals surface area contributed by atoms with E-state index in [4.69, 9.17) is 10.5 Å². The largest absolute Gasteiger partial charge is 0.496 e. The van der Waals surface area contributed by atoms with Gasteiger partial charge in [0.05, 0.1) is 19.1 Å². The fourth-order valence-corrected chi connectivity index (χ4v) is 4.27. The molecule has 0 spiro atoms. The van der Waals surface area contributed by atoms with Crippen molar-refractivity contribution in [3.05, 3.63) is 29.8 Å². The van der Waals surface area contributed by atoms with Crippen molar-refractivity contribution >= 4 is 11.8 Å². The van der Waals surface area contributed by atoms with Crippen LogP contribution >= 0.6 is 0 Å². The van der Waals surface area contributed by atoms with Gasteiger partial charge in [0.1, 0.15) is 5.75 Å². The number of likely N-dealkylation sites (tertiary alicyclic amines) is 1. The molecule has 154 valence electrons. The number of carbonyl (C=O) groups is 2. The Morgan fingerprint density at radius 1 is 1.32 bits per heavy atom. The van der Waals surface area contributed by atoms with Gasteiger partial charge in [-0.2, -0.15) is 0 Å². The van der Waals surface area contributed by atoms with Crippen molar-refractivity contribution in [1.29, 1.82) is 0 Å². The van der Waals surface area contributed by atoms with E-state index in [0.29, 0.717) is 31.8 Å². The number of nitrogens with two attached hydrogens (primary N) is 1. The molecule has 3 unspecified atom stereocenters. The summed E-state index contributed by atoms with van der Waals surface area (Å²) >= 11 is 0. The second-order valence-electron chi connectivity index (χ2n) is 7.96. The lowest BCUT2D eigenvalue weighted by molar-refractivity contribution is -0.143. The summed E-state index contributed by atoms with van der Waals surface area (Å²) in [5.74, 6) is 1.05. The lowest BCUT2D eigenvalue weighted by Crippen LogP contribution is -2.51. The predicted octanol–water partition coefficient (Wildman–Crippen LogP) is 2.63. The minimum atomic E-state index is -0.304. The average Bonchev–Trinajstić information content (AvgIpc) is 3.55. The zero-order valence-electron chi connectivity index (χ0n) is 17.0. The first-order valence-corrected chi connectivity index (χ1v) is 10.5. The molecule has 1 aliphatic heterocycles. The summed E-state index contributed by atoms with van der Waals surface area (Å²) in [7, 11) is 1.63. The maximum atomic E-state index is 13.3. The first-order valence-electron chi connectivity index (χ1n) is 10.5. The van der Waals surface area contributed by atoms with E-state index in [1.54, 1.807) is 7.11 Å². The van der Waals surface area contributed by atoms with Crippen LogP contribution in [-0.2, 0) is 9.59 Å². The SMILES string of the molecule is CCCCN1C(=O)CCC(C(=O)NC(CN)C2CC2)C1c1ccccc1OC. The molecule has 2 amide bonds. The Morgan fingerprint density at radius 3 is 2.71 bits per heavy atom. The third-order valence-corrected chi connectivity index (χ3v) is 6.03. The van der Waals surface area contributed by atoms with Crippen LogP contribution in [0.5, 0.6) is 5.75 Å². The number of piperidine rings is 1. The molecule has 28 heavy (non-hydrogen) atoms. The Hall–Kier alpha value is -2.08. The summed E-state index contributed by atoms with van der Waals surface area (Å²) in [6, 6.07) is 7.46. The monoisotopic (exact) mass is 387 g/mol. The van der Waals surface area contributed by atoms with Crippen LogP contribution in [0.15, 0.2) is 24.3 Å². The molecule has 0 aromatic heterocycles.